The molecule has 0 radical (unpaired) electrons. The molecule has 43 heavy (non-hydrogen) atoms. The Balaban J connectivity index is 1.48. The summed E-state index contributed by atoms with van der Waals surface area (Å²) in [6, 6.07) is 11.6. The van der Waals surface area contributed by atoms with Crippen LogP contribution in [0.4, 0.5) is 11.4 Å². The van der Waals surface area contributed by atoms with Gasteiger partial charge < -0.3 is 23.5 Å². The van der Waals surface area contributed by atoms with Gasteiger partial charge in [0.1, 0.15) is 11.0 Å². The average molecular weight is 586 g/mol. The van der Waals surface area contributed by atoms with Crippen LogP contribution in [-0.2, 0) is 34.0 Å². The van der Waals surface area contributed by atoms with Gasteiger partial charge in [-0.1, -0.05) is 12.1 Å². The summed E-state index contributed by atoms with van der Waals surface area (Å²) in [6.45, 7) is 10.2. The molecule has 1 aliphatic heterocycles. The SMILES string of the molecule is COCCN1C(=O)C(C)(C)C(=O)N(C)c2cc(CN(CCn3cc(C)c4occc4c3=O)Cc3cccnc3C)ccc21. The fraction of sp³-hybridized carbons (Fsp3) is 0.394. The molecule has 4 heterocycles. The van der Waals surface area contributed by atoms with Crippen LogP contribution < -0.4 is 15.4 Å². The Hall–Kier alpha value is -4.28. The molecule has 3 aromatic heterocycles. The van der Waals surface area contributed by atoms with Gasteiger partial charge in [-0.05, 0) is 63.1 Å². The highest BCUT2D eigenvalue weighted by Gasteiger charge is 2.45. The zero-order valence-corrected chi connectivity index (χ0v) is 25.7. The number of benzene rings is 1. The molecule has 1 aromatic carbocycles. The fourth-order valence-corrected chi connectivity index (χ4v) is 5.74. The van der Waals surface area contributed by atoms with Crippen molar-refractivity contribution in [3.63, 3.8) is 0 Å². The first kappa shape index (κ1) is 30.2. The maximum atomic E-state index is 13.5. The second-order valence-corrected chi connectivity index (χ2v) is 11.7. The molecule has 1 aliphatic rings. The van der Waals surface area contributed by atoms with Crippen molar-refractivity contribution in [2.45, 2.75) is 47.3 Å². The number of rotatable bonds is 10. The minimum Gasteiger partial charge on any atom is -0.464 e. The van der Waals surface area contributed by atoms with E-state index in [9.17, 15) is 14.4 Å². The summed E-state index contributed by atoms with van der Waals surface area (Å²) in [5.41, 5.74) is 4.60. The van der Waals surface area contributed by atoms with Gasteiger partial charge in [-0.15, -0.1) is 0 Å². The van der Waals surface area contributed by atoms with Gasteiger partial charge in [-0.2, -0.15) is 0 Å². The van der Waals surface area contributed by atoms with E-state index in [0.717, 1.165) is 22.4 Å². The molecule has 10 heteroatoms. The Kier molecular flexibility index (Phi) is 8.52. The lowest BCUT2D eigenvalue weighted by Gasteiger charge is -2.28. The molecule has 0 unspecified atom stereocenters. The summed E-state index contributed by atoms with van der Waals surface area (Å²) >= 11 is 0. The molecular formula is C33H39N5O5. The van der Waals surface area contributed by atoms with Gasteiger partial charge in [-0.3, -0.25) is 24.3 Å². The average Bonchev–Trinajstić information content (AvgIpc) is 3.48. The maximum Gasteiger partial charge on any atom is 0.261 e. The molecule has 10 nitrogen and oxygen atoms in total. The molecule has 4 aromatic rings. The quantitative estimate of drug-likeness (QED) is 0.256. The second-order valence-electron chi connectivity index (χ2n) is 11.7. The topological polar surface area (TPSA) is 101 Å². The Bertz CT molecular complexity index is 1720. The summed E-state index contributed by atoms with van der Waals surface area (Å²) in [5, 5.41) is 0.573. The van der Waals surface area contributed by atoms with E-state index in [1.54, 1.807) is 60.9 Å². The Morgan fingerprint density at radius 1 is 1.00 bits per heavy atom. The zero-order valence-electron chi connectivity index (χ0n) is 25.7. The third-order valence-corrected chi connectivity index (χ3v) is 8.27. The molecule has 0 saturated heterocycles. The van der Waals surface area contributed by atoms with E-state index in [0.29, 0.717) is 61.7 Å². The highest BCUT2D eigenvalue weighted by Crippen LogP contribution is 2.39. The van der Waals surface area contributed by atoms with Crippen LogP contribution in [0.15, 0.2) is 64.3 Å². The number of aromatic nitrogens is 2. The van der Waals surface area contributed by atoms with Crippen LogP contribution in [0.5, 0.6) is 0 Å². The first-order valence-corrected chi connectivity index (χ1v) is 14.4. The van der Waals surface area contributed by atoms with Crippen molar-refractivity contribution in [1.29, 1.82) is 0 Å². The van der Waals surface area contributed by atoms with E-state index in [-0.39, 0.29) is 17.4 Å². The van der Waals surface area contributed by atoms with Crippen LogP contribution in [0.25, 0.3) is 11.0 Å². The molecule has 0 aliphatic carbocycles. The molecule has 226 valence electrons. The number of methoxy groups -OCH3 is 1. The Morgan fingerprint density at radius 2 is 1.79 bits per heavy atom. The van der Waals surface area contributed by atoms with E-state index >= 15 is 0 Å². The first-order valence-electron chi connectivity index (χ1n) is 14.4. The van der Waals surface area contributed by atoms with Crippen molar-refractivity contribution < 1.29 is 18.7 Å². The molecule has 2 amide bonds. The largest absolute Gasteiger partial charge is 0.464 e. The monoisotopic (exact) mass is 585 g/mol. The van der Waals surface area contributed by atoms with Crippen LogP contribution in [-0.4, -0.2) is 60.1 Å². The standard InChI is InChI=1S/C33H39N5O5/c1-22-19-37(30(39)26-11-16-43-29(22)26)14-13-36(21-25-8-7-12-34-23(25)2)20-24-9-10-27-28(18-24)35(5)31(40)33(3,4)32(41)38(27)15-17-42-6/h7-12,16,18-19H,13-15,17,20-21H2,1-6H3. The van der Waals surface area contributed by atoms with Gasteiger partial charge in [0.15, 0.2) is 0 Å². The van der Waals surface area contributed by atoms with Gasteiger partial charge >= 0.3 is 0 Å². The molecule has 0 atom stereocenters. The lowest BCUT2D eigenvalue weighted by molar-refractivity contribution is -0.137. The number of pyridine rings is 2. The van der Waals surface area contributed by atoms with Gasteiger partial charge in [0, 0.05) is 70.5 Å². The molecule has 0 spiro atoms. The fourth-order valence-electron chi connectivity index (χ4n) is 5.74. The lowest BCUT2D eigenvalue weighted by Crippen LogP contribution is -2.48. The lowest BCUT2D eigenvalue weighted by atomic mass is 9.90. The van der Waals surface area contributed by atoms with Crippen molar-refractivity contribution in [3.8, 4) is 0 Å². The smallest absolute Gasteiger partial charge is 0.261 e. The van der Waals surface area contributed by atoms with Crippen LogP contribution in [0.2, 0.25) is 0 Å². The van der Waals surface area contributed by atoms with Crippen LogP contribution in [0, 0.1) is 19.3 Å². The summed E-state index contributed by atoms with van der Waals surface area (Å²) < 4.78 is 12.5. The van der Waals surface area contributed by atoms with Crippen molar-refractivity contribution in [2.24, 2.45) is 5.41 Å². The molecule has 0 bridgehead atoms. The predicted molar refractivity (Wildman–Crippen MR) is 166 cm³/mol. The van der Waals surface area contributed by atoms with E-state index in [4.69, 9.17) is 9.15 Å². The Morgan fingerprint density at radius 3 is 2.53 bits per heavy atom. The van der Waals surface area contributed by atoms with Crippen LogP contribution in [0.3, 0.4) is 0 Å². The third kappa shape index (κ3) is 5.85. The van der Waals surface area contributed by atoms with Crippen molar-refractivity contribution in [3.05, 3.63) is 87.8 Å². The van der Waals surface area contributed by atoms with E-state index in [1.165, 1.54) is 0 Å². The number of aryl methyl sites for hydroxylation is 2. The molecule has 0 saturated carbocycles. The number of anilines is 2. The molecule has 5 rings (SSSR count). The van der Waals surface area contributed by atoms with Crippen molar-refractivity contribution in [1.82, 2.24) is 14.5 Å². The van der Waals surface area contributed by atoms with Crippen LogP contribution >= 0.6 is 0 Å². The Labute approximate surface area is 251 Å². The number of nitrogens with zero attached hydrogens (tertiary/aromatic N) is 5. The molecular weight excluding hydrogens is 546 g/mol. The maximum absolute atomic E-state index is 13.5. The number of hydrogen-bond acceptors (Lipinski definition) is 7. The second kappa shape index (κ2) is 12.1. The predicted octanol–water partition coefficient (Wildman–Crippen LogP) is 4.29. The van der Waals surface area contributed by atoms with Crippen molar-refractivity contribution >= 4 is 34.2 Å². The number of fused-ring (bicyclic) bond motifs is 2. The van der Waals surface area contributed by atoms with E-state index in [2.05, 4.69) is 16.0 Å². The summed E-state index contributed by atoms with van der Waals surface area (Å²) in [4.78, 5) is 50.1. The number of hydrogen-bond donors (Lipinski definition) is 0. The normalized spacial score (nSPS) is 15.0. The highest BCUT2D eigenvalue weighted by atomic mass is 16.5. The summed E-state index contributed by atoms with van der Waals surface area (Å²) in [5.74, 6) is -0.514. The number of furan rings is 1. The van der Waals surface area contributed by atoms with Crippen molar-refractivity contribution in [2.75, 3.05) is 43.7 Å². The van der Waals surface area contributed by atoms with E-state index < -0.39 is 5.41 Å². The third-order valence-electron chi connectivity index (χ3n) is 8.27. The van der Waals surface area contributed by atoms with Gasteiger partial charge in [0.25, 0.3) is 5.56 Å². The summed E-state index contributed by atoms with van der Waals surface area (Å²) in [6.07, 6.45) is 5.17. The molecule has 0 N–H and O–H groups in total. The first-order chi connectivity index (χ1) is 20.5. The minimum absolute atomic E-state index is 0.0829. The van der Waals surface area contributed by atoms with Gasteiger partial charge in [0.2, 0.25) is 11.8 Å². The van der Waals surface area contributed by atoms with Gasteiger partial charge in [0.05, 0.1) is 29.6 Å². The van der Waals surface area contributed by atoms with Gasteiger partial charge in [-0.25, -0.2) is 0 Å². The number of ether oxygens (including phenoxy) is 1. The minimum atomic E-state index is -1.22. The number of carbonyl (C=O) groups excluding carboxylic acids is 2. The number of carbonyl (C=O) groups is 2. The highest BCUT2D eigenvalue weighted by molar-refractivity contribution is 6.20. The summed E-state index contributed by atoms with van der Waals surface area (Å²) in [7, 11) is 3.31. The number of amides is 2. The van der Waals surface area contributed by atoms with E-state index in [1.807, 2.05) is 44.3 Å². The zero-order chi connectivity index (χ0) is 30.9. The van der Waals surface area contributed by atoms with Crippen LogP contribution in [0.1, 0.15) is 36.2 Å². The molecule has 0 fully saturated rings.